The van der Waals surface area contributed by atoms with Crippen molar-refractivity contribution in [2.24, 2.45) is 0 Å². The summed E-state index contributed by atoms with van der Waals surface area (Å²) in [7, 11) is 0. The van der Waals surface area contributed by atoms with Gasteiger partial charge < -0.3 is 15.3 Å². The molecule has 7 nitrogen and oxygen atoms in total. The van der Waals surface area contributed by atoms with E-state index in [-0.39, 0.29) is 24.7 Å². The molecule has 2 amide bonds. The highest BCUT2D eigenvalue weighted by Gasteiger charge is 2.36. The third kappa shape index (κ3) is 3.36. The molecule has 1 saturated heterocycles. The van der Waals surface area contributed by atoms with Crippen LogP contribution < -0.4 is 5.32 Å². The lowest BCUT2D eigenvalue weighted by Crippen LogP contribution is -2.59. The van der Waals surface area contributed by atoms with E-state index in [9.17, 15) is 19.5 Å². The first-order valence-electron chi connectivity index (χ1n) is 7.82. The normalized spacial score (nSPS) is 22.7. The Morgan fingerprint density at radius 1 is 1.30 bits per heavy atom. The summed E-state index contributed by atoms with van der Waals surface area (Å²) >= 11 is 1.45. The van der Waals surface area contributed by atoms with Crippen molar-refractivity contribution >= 4 is 29.1 Å². The van der Waals surface area contributed by atoms with E-state index in [2.05, 4.69) is 10.3 Å². The minimum atomic E-state index is -1.12. The first kappa shape index (κ1) is 15.9. The first-order valence-corrected chi connectivity index (χ1v) is 8.70. The Hall–Kier alpha value is -1.96. The second-order valence-corrected chi connectivity index (χ2v) is 6.89. The number of carbonyl (C=O) groups excluding carboxylic acids is 2. The average molecular weight is 337 g/mol. The van der Waals surface area contributed by atoms with Gasteiger partial charge in [0.1, 0.15) is 18.3 Å². The lowest BCUT2D eigenvalue weighted by Gasteiger charge is -2.32. The summed E-state index contributed by atoms with van der Waals surface area (Å²) in [4.78, 5) is 40.9. The summed E-state index contributed by atoms with van der Waals surface area (Å²) < 4.78 is 0. The van der Waals surface area contributed by atoms with Crippen molar-refractivity contribution in [1.29, 1.82) is 0 Å². The minimum absolute atomic E-state index is 0.0699. The summed E-state index contributed by atoms with van der Waals surface area (Å²) in [6.07, 6.45) is 5.79. The van der Waals surface area contributed by atoms with Gasteiger partial charge in [0.2, 0.25) is 5.91 Å². The Morgan fingerprint density at radius 3 is 2.74 bits per heavy atom. The highest BCUT2D eigenvalue weighted by Crippen LogP contribution is 2.34. The van der Waals surface area contributed by atoms with Crippen LogP contribution in [-0.4, -0.2) is 51.9 Å². The number of hydrogen-bond acceptors (Lipinski definition) is 5. The van der Waals surface area contributed by atoms with Crippen molar-refractivity contribution in [2.75, 3.05) is 13.1 Å². The minimum Gasteiger partial charge on any atom is -0.480 e. The smallest absolute Gasteiger partial charge is 0.328 e. The second-order valence-electron chi connectivity index (χ2n) is 6.00. The average Bonchev–Trinajstić information content (AvgIpc) is 3.04. The van der Waals surface area contributed by atoms with E-state index in [0.717, 1.165) is 22.7 Å². The standard InChI is InChI=1S/C15H19N3O4S/c19-12-7-18(11(6-16-12)15(21)22)14(20)10-8-23-13(17-10)9-4-2-1-3-5-9/h8-9,11H,1-7H2,(H,16,19)(H,21,22). The number of thiazole rings is 1. The molecule has 1 saturated carbocycles. The molecule has 2 N–H and O–H groups in total. The van der Waals surface area contributed by atoms with Gasteiger partial charge >= 0.3 is 5.97 Å². The first-order chi connectivity index (χ1) is 11.1. The molecular formula is C15H19N3O4S. The molecule has 0 aromatic carbocycles. The van der Waals surface area contributed by atoms with Crippen molar-refractivity contribution in [3.8, 4) is 0 Å². The highest BCUT2D eigenvalue weighted by atomic mass is 32.1. The molecular weight excluding hydrogens is 318 g/mol. The molecule has 0 spiro atoms. The lowest BCUT2D eigenvalue weighted by molar-refractivity contribution is -0.144. The van der Waals surface area contributed by atoms with Gasteiger partial charge in [-0.05, 0) is 12.8 Å². The van der Waals surface area contributed by atoms with Gasteiger partial charge in [-0.1, -0.05) is 19.3 Å². The number of carboxylic acid groups (broad SMARTS) is 1. The number of hydrogen-bond donors (Lipinski definition) is 2. The molecule has 1 aliphatic heterocycles. The zero-order chi connectivity index (χ0) is 16.4. The Balaban J connectivity index is 1.77. The summed E-state index contributed by atoms with van der Waals surface area (Å²) in [6.45, 7) is -0.314. The van der Waals surface area contributed by atoms with Gasteiger partial charge in [-0.25, -0.2) is 9.78 Å². The topological polar surface area (TPSA) is 99.6 Å². The third-order valence-electron chi connectivity index (χ3n) is 4.42. The zero-order valence-electron chi connectivity index (χ0n) is 12.7. The maximum absolute atomic E-state index is 12.6. The van der Waals surface area contributed by atoms with Crippen molar-refractivity contribution in [1.82, 2.24) is 15.2 Å². The van der Waals surface area contributed by atoms with E-state index in [1.165, 1.54) is 30.6 Å². The van der Waals surface area contributed by atoms with Crippen LogP contribution in [0.15, 0.2) is 5.38 Å². The number of piperazine rings is 1. The van der Waals surface area contributed by atoms with E-state index < -0.39 is 17.9 Å². The molecule has 0 radical (unpaired) electrons. The number of carbonyl (C=O) groups is 3. The van der Waals surface area contributed by atoms with Gasteiger partial charge in [0.05, 0.1) is 5.01 Å². The molecule has 1 aromatic rings. The van der Waals surface area contributed by atoms with E-state index in [1.54, 1.807) is 5.38 Å². The van der Waals surface area contributed by atoms with E-state index in [1.807, 2.05) is 0 Å². The highest BCUT2D eigenvalue weighted by molar-refractivity contribution is 7.09. The molecule has 1 atom stereocenters. The van der Waals surface area contributed by atoms with E-state index in [4.69, 9.17) is 0 Å². The molecule has 0 bridgehead atoms. The van der Waals surface area contributed by atoms with Crippen molar-refractivity contribution in [2.45, 2.75) is 44.1 Å². The predicted molar refractivity (Wildman–Crippen MR) is 83.4 cm³/mol. The Bertz CT molecular complexity index is 624. The van der Waals surface area contributed by atoms with Crippen molar-refractivity contribution in [3.05, 3.63) is 16.1 Å². The zero-order valence-corrected chi connectivity index (χ0v) is 13.5. The number of nitrogens with zero attached hydrogens (tertiary/aromatic N) is 2. The Labute approximate surface area is 137 Å². The number of carboxylic acids is 1. The summed E-state index contributed by atoms with van der Waals surface area (Å²) in [5, 5.41) is 14.3. The van der Waals surface area contributed by atoms with Crippen LogP contribution in [0.5, 0.6) is 0 Å². The number of aliphatic carboxylic acids is 1. The molecule has 1 aliphatic carbocycles. The lowest BCUT2D eigenvalue weighted by atomic mass is 9.90. The molecule has 2 aliphatic rings. The SMILES string of the molecule is O=C1CN(C(=O)c2csc(C3CCCCC3)n2)C(C(=O)O)CN1. The van der Waals surface area contributed by atoms with Crippen LogP contribution >= 0.6 is 11.3 Å². The molecule has 1 unspecified atom stereocenters. The predicted octanol–water partition coefficient (Wildman–Crippen LogP) is 1.22. The van der Waals surface area contributed by atoms with Crippen LogP contribution in [0.3, 0.4) is 0 Å². The number of amides is 2. The van der Waals surface area contributed by atoms with Gasteiger partial charge in [0.15, 0.2) is 0 Å². The maximum Gasteiger partial charge on any atom is 0.328 e. The maximum atomic E-state index is 12.6. The third-order valence-corrected chi connectivity index (χ3v) is 5.43. The molecule has 2 fully saturated rings. The van der Waals surface area contributed by atoms with Crippen LogP contribution in [0.4, 0.5) is 0 Å². The molecule has 1 aromatic heterocycles. The van der Waals surface area contributed by atoms with Crippen LogP contribution in [0.2, 0.25) is 0 Å². The van der Waals surface area contributed by atoms with Crippen LogP contribution in [0, 0.1) is 0 Å². The van der Waals surface area contributed by atoms with Gasteiger partial charge in [0, 0.05) is 17.8 Å². The second kappa shape index (κ2) is 6.66. The van der Waals surface area contributed by atoms with Gasteiger partial charge in [-0.3, -0.25) is 9.59 Å². The summed E-state index contributed by atoms with van der Waals surface area (Å²) in [5.74, 6) is -1.56. The molecule has 23 heavy (non-hydrogen) atoms. The van der Waals surface area contributed by atoms with E-state index >= 15 is 0 Å². The fraction of sp³-hybridized carbons (Fsp3) is 0.600. The molecule has 2 heterocycles. The summed E-state index contributed by atoms with van der Waals surface area (Å²) in [6, 6.07) is -1.04. The van der Waals surface area contributed by atoms with Crippen LogP contribution in [-0.2, 0) is 9.59 Å². The quantitative estimate of drug-likeness (QED) is 0.864. The fourth-order valence-electron chi connectivity index (χ4n) is 3.15. The number of rotatable bonds is 3. The van der Waals surface area contributed by atoms with Gasteiger partial charge in [-0.15, -0.1) is 11.3 Å². The number of nitrogens with one attached hydrogen (secondary N) is 1. The van der Waals surface area contributed by atoms with Crippen molar-refractivity contribution < 1.29 is 19.5 Å². The molecule has 8 heteroatoms. The fourth-order valence-corrected chi connectivity index (χ4v) is 4.11. The van der Waals surface area contributed by atoms with Crippen LogP contribution in [0.1, 0.15) is 53.5 Å². The van der Waals surface area contributed by atoms with E-state index in [0.29, 0.717) is 5.92 Å². The van der Waals surface area contributed by atoms with Crippen LogP contribution in [0.25, 0.3) is 0 Å². The molecule has 124 valence electrons. The molecule has 3 rings (SSSR count). The Morgan fingerprint density at radius 2 is 2.04 bits per heavy atom. The largest absolute Gasteiger partial charge is 0.480 e. The van der Waals surface area contributed by atoms with Crippen molar-refractivity contribution in [3.63, 3.8) is 0 Å². The monoisotopic (exact) mass is 337 g/mol. The Kier molecular flexibility index (Phi) is 4.61. The summed E-state index contributed by atoms with van der Waals surface area (Å²) in [5.41, 5.74) is 0.247. The number of aromatic nitrogens is 1. The van der Waals surface area contributed by atoms with Gasteiger partial charge in [0.25, 0.3) is 5.91 Å². The van der Waals surface area contributed by atoms with Gasteiger partial charge in [-0.2, -0.15) is 0 Å².